The maximum Gasteiger partial charge on any atom is 0.192 e. The summed E-state index contributed by atoms with van der Waals surface area (Å²) in [6, 6.07) is 12.1. The van der Waals surface area contributed by atoms with Crippen LogP contribution in [0.15, 0.2) is 35.5 Å². The van der Waals surface area contributed by atoms with E-state index >= 15 is 0 Å². The fourth-order valence-corrected chi connectivity index (χ4v) is 2.14. The molecule has 0 amide bonds. The Bertz CT molecular complexity index is 541. The van der Waals surface area contributed by atoms with E-state index in [9.17, 15) is 0 Å². The minimum absolute atomic E-state index is 0.124. The first-order chi connectivity index (χ1) is 8.22. The van der Waals surface area contributed by atoms with Gasteiger partial charge in [-0.2, -0.15) is 5.26 Å². The van der Waals surface area contributed by atoms with E-state index in [2.05, 4.69) is 16.3 Å². The largest absolute Gasteiger partial charge is 0.305 e. The number of benzene rings is 1. The van der Waals surface area contributed by atoms with Crippen molar-refractivity contribution in [1.82, 2.24) is 14.8 Å². The molecule has 0 saturated carbocycles. The van der Waals surface area contributed by atoms with E-state index in [0.717, 1.165) is 16.5 Å². The molecule has 2 rings (SSSR count). The van der Waals surface area contributed by atoms with Gasteiger partial charge in [-0.3, -0.25) is 0 Å². The average Bonchev–Trinajstić information content (AvgIpc) is 2.72. The molecule has 0 aliphatic heterocycles. The zero-order valence-corrected chi connectivity index (χ0v) is 10.5. The van der Waals surface area contributed by atoms with Crippen LogP contribution in [0.3, 0.4) is 0 Å². The molecule has 0 saturated heterocycles. The number of rotatable bonds is 3. The third-order valence-electron chi connectivity index (χ3n) is 2.33. The summed E-state index contributed by atoms with van der Waals surface area (Å²) in [6.07, 6.45) is 0. The van der Waals surface area contributed by atoms with Crippen LogP contribution >= 0.6 is 11.8 Å². The number of nitriles is 1. The molecule has 0 unspecified atom stereocenters. The molecule has 4 nitrogen and oxygen atoms in total. The summed E-state index contributed by atoms with van der Waals surface area (Å²) >= 11 is 1.41. The minimum atomic E-state index is -0.124. The van der Waals surface area contributed by atoms with Crippen LogP contribution in [0.4, 0.5) is 0 Å². The topological polar surface area (TPSA) is 54.5 Å². The van der Waals surface area contributed by atoms with Crippen molar-refractivity contribution < 1.29 is 0 Å². The van der Waals surface area contributed by atoms with E-state index < -0.39 is 0 Å². The molecule has 0 fully saturated rings. The fourth-order valence-electron chi connectivity index (χ4n) is 1.44. The normalized spacial score (nSPS) is 12.1. The monoisotopic (exact) mass is 244 g/mol. The molecule has 1 aromatic carbocycles. The lowest BCUT2D eigenvalue weighted by molar-refractivity contribution is 0.792. The highest BCUT2D eigenvalue weighted by atomic mass is 32.2. The summed E-state index contributed by atoms with van der Waals surface area (Å²) in [7, 11) is 1.91. The van der Waals surface area contributed by atoms with Gasteiger partial charge in [0.05, 0.1) is 11.3 Å². The van der Waals surface area contributed by atoms with E-state index in [4.69, 9.17) is 5.26 Å². The Morgan fingerprint density at radius 3 is 2.65 bits per heavy atom. The second-order valence-electron chi connectivity index (χ2n) is 3.62. The van der Waals surface area contributed by atoms with Crippen molar-refractivity contribution in [3.63, 3.8) is 0 Å². The molecule has 2 aromatic rings. The van der Waals surface area contributed by atoms with Crippen molar-refractivity contribution in [1.29, 1.82) is 5.26 Å². The van der Waals surface area contributed by atoms with Gasteiger partial charge in [0.15, 0.2) is 11.0 Å². The maximum atomic E-state index is 8.78. The van der Waals surface area contributed by atoms with Crippen molar-refractivity contribution in [3.05, 3.63) is 30.3 Å². The molecule has 1 atom stereocenters. The molecule has 0 bridgehead atoms. The van der Waals surface area contributed by atoms with Crippen molar-refractivity contribution in [2.24, 2.45) is 7.05 Å². The average molecular weight is 244 g/mol. The summed E-state index contributed by atoms with van der Waals surface area (Å²) < 4.78 is 1.91. The van der Waals surface area contributed by atoms with Crippen LogP contribution in [-0.2, 0) is 7.05 Å². The standard InChI is InChI=1S/C12H12N4S/c1-9(8-13)17-12-15-14-11(16(12)2)10-6-4-3-5-7-10/h3-7,9H,1-2H3/t9-/m1/s1. The van der Waals surface area contributed by atoms with Crippen molar-refractivity contribution in [3.8, 4) is 17.5 Å². The van der Waals surface area contributed by atoms with Crippen LogP contribution in [0.5, 0.6) is 0 Å². The molecule has 0 spiro atoms. The van der Waals surface area contributed by atoms with Crippen LogP contribution in [0.2, 0.25) is 0 Å². The van der Waals surface area contributed by atoms with E-state index in [1.165, 1.54) is 11.8 Å². The van der Waals surface area contributed by atoms with Gasteiger partial charge in [0, 0.05) is 12.6 Å². The van der Waals surface area contributed by atoms with E-state index in [0.29, 0.717) is 0 Å². The van der Waals surface area contributed by atoms with Gasteiger partial charge in [0.25, 0.3) is 0 Å². The number of hydrogen-bond donors (Lipinski definition) is 0. The smallest absolute Gasteiger partial charge is 0.192 e. The van der Waals surface area contributed by atoms with Gasteiger partial charge in [0.2, 0.25) is 0 Å². The summed E-state index contributed by atoms with van der Waals surface area (Å²) in [6.45, 7) is 1.85. The SMILES string of the molecule is C[C@H](C#N)Sc1nnc(-c2ccccc2)n1C. The highest BCUT2D eigenvalue weighted by Crippen LogP contribution is 2.24. The summed E-state index contributed by atoms with van der Waals surface area (Å²) in [4.78, 5) is 0. The molecule has 1 aromatic heterocycles. The Balaban J connectivity index is 2.31. The van der Waals surface area contributed by atoms with E-state index in [1.807, 2.05) is 48.9 Å². The first-order valence-corrected chi connectivity index (χ1v) is 6.11. The maximum absolute atomic E-state index is 8.78. The molecule has 1 heterocycles. The Kier molecular flexibility index (Phi) is 3.45. The van der Waals surface area contributed by atoms with Crippen LogP contribution in [0.1, 0.15) is 6.92 Å². The zero-order chi connectivity index (χ0) is 12.3. The summed E-state index contributed by atoms with van der Waals surface area (Å²) in [5.74, 6) is 0.818. The van der Waals surface area contributed by atoms with Crippen LogP contribution in [-0.4, -0.2) is 20.0 Å². The first-order valence-electron chi connectivity index (χ1n) is 5.23. The number of aromatic nitrogens is 3. The fraction of sp³-hybridized carbons (Fsp3) is 0.250. The lowest BCUT2D eigenvalue weighted by Crippen LogP contribution is -1.98. The third-order valence-corrected chi connectivity index (χ3v) is 3.36. The molecule has 5 heteroatoms. The lowest BCUT2D eigenvalue weighted by atomic mass is 10.2. The zero-order valence-electron chi connectivity index (χ0n) is 9.66. The Morgan fingerprint density at radius 1 is 1.29 bits per heavy atom. The summed E-state index contributed by atoms with van der Waals surface area (Å²) in [5.41, 5.74) is 1.03. The van der Waals surface area contributed by atoms with Gasteiger partial charge in [-0.25, -0.2) is 0 Å². The van der Waals surface area contributed by atoms with Gasteiger partial charge in [0.1, 0.15) is 0 Å². The van der Waals surface area contributed by atoms with Crippen LogP contribution < -0.4 is 0 Å². The van der Waals surface area contributed by atoms with Crippen molar-refractivity contribution in [2.45, 2.75) is 17.3 Å². The molecule has 17 heavy (non-hydrogen) atoms. The molecular weight excluding hydrogens is 232 g/mol. The number of nitrogens with zero attached hydrogens (tertiary/aromatic N) is 4. The Morgan fingerprint density at radius 2 is 2.00 bits per heavy atom. The van der Waals surface area contributed by atoms with Gasteiger partial charge < -0.3 is 4.57 Å². The molecule has 86 valence electrons. The predicted octanol–water partition coefficient (Wildman–Crippen LogP) is 2.49. The van der Waals surface area contributed by atoms with E-state index in [1.54, 1.807) is 0 Å². The Hall–Kier alpha value is -1.80. The van der Waals surface area contributed by atoms with Gasteiger partial charge >= 0.3 is 0 Å². The number of hydrogen-bond acceptors (Lipinski definition) is 4. The van der Waals surface area contributed by atoms with E-state index in [-0.39, 0.29) is 5.25 Å². The molecule has 0 aliphatic carbocycles. The highest BCUT2D eigenvalue weighted by Gasteiger charge is 2.13. The summed E-state index contributed by atoms with van der Waals surface area (Å²) in [5, 5.41) is 17.7. The van der Waals surface area contributed by atoms with Crippen molar-refractivity contribution >= 4 is 11.8 Å². The van der Waals surface area contributed by atoms with Crippen LogP contribution in [0, 0.1) is 11.3 Å². The van der Waals surface area contributed by atoms with Gasteiger partial charge in [-0.05, 0) is 6.92 Å². The first kappa shape index (κ1) is 11.7. The van der Waals surface area contributed by atoms with Crippen molar-refractivity contribution in [2.75, 3.05) is 0 Å². The Labute approximate surface area is 104 Å². The highest BCUT2D eigenvalue weighted by molar-refractivity contribution is 8.00. The molecule has 0 radical (unpaired) electrons. The quantitative estimate of drug-likeness (QED) is 0.778. The second kappa shape index (κ2) is 5.02. The lowest BCUT2D eigenvalue weighted by Gasteiger charge is -2.04. The second-order valence-corrected chi connectivity index (χ2v) is 4.93. The molecule has 0 aliphatic rings. The minimum Gasteiger partial charge on any atom is -0.305 e. The third kappa shape index (κ3) is 2.48. The van der Waals surface area contributed by atoms with Gasteiger partial charge in [-0.1, -0.05) is 42.1 Å². The van der Waals surface area contributed by atoms with Crippen LogP contribution in [0.25, 0.3) is 11.4 Å². The molecule has 0 N–H and O–H groups in total. The molecular formula is C12H12N4S. The van der Waals surface area contributed by atoms with Gasteiger partial charge in [-0.15, -0.1) is 10.2 Å². The number of thioether (sulfide) groups is 1. The predicted molar refractivity (Wildman–Crippen MR) is 67.4 cm³/mol.